The van der Waals surface area contributed by atoms with E-state index in [1.165, 1.54) is 7.11 Å². The van der Waals surface area contributed by atoms with E-state index in [1.807, 2.05) is 30.9 Å². The van der Waals surface area contributed by atoms with Crippen molar-refractivity contribution in [1.29, 1.82) is 0 Å². The van der Waals surface area contributed by atoms with Crippen LogP contribution in [0.15, 0.2) is 33.5 Å². The van der Waals surface area contributed by atoms with Gasteiger partial charge in [-0.05, 0) is 32.8 Å². The lowest BCUT2D eigenvalue weighted by Gasteiger charge is -2.31. The molecule has 0 radical (unpaired) electrons. The number of ether oxygens (including phenoxy) is 1. The zero-order valence-corrected chi connectivity index (χ0v) is 16.1. The fourth-order valence-electron chi connectivity index (χ4n) is 3.55. The Kier molecular flexibility index (Phi) is 4.85. The Morgan fingerprint density at radius 1 is 1.32 bits per heavy atom. The Hall–Kier alpha value is -3.16. The third-order valence-corrected chi connectivity index (χ3v) is 5.02. The minimum atomic E-state index is -0.190. The van der Waals surface area contributed by atoms with Crippen LogP contribution in [0.4, 0.5) is 5.95 Å². The molecular weight excluding hydrogens is 360 g/mol. The molecule has 8 nitrogen and oxygen atoms in total. The first-order valence-electron chi connectivity index (χ1n) is 9.24. The number of hydrogen-bond donors (Lipinski definition) is 0. The molecule has 1 unspecified atom stereocenters. The average Bonchev–Trinajstić information content (AvgIpc) is 3.35. The molecule has 146 valence electrons. The number of methoxy groups -OCH3 is 1. The summed E-state index contributed by atoms with van der Waals surface area (Å²) in [6.45, 7) is 5.09. The van der Waals surface area contributed by atoms with Gasteiger partial charge in [0.1, 0.15) is 5.76 Å². The van der Waals surface area contributed by atoms with E-state index >= 15 is 0 Å². The molecule has 1 saturated heterocycles. The van der Waals surface area contributed by atoms with E-state index in [0.29, 0.717) is 23.9 Å². The lowest BCUT2D eigenvalue weighted by molar-refractivity contribution is -0.145. The van der Waals surface area contributed by atoms with Crippen molar-refractivity contribution < 1.29 is 18.5 Å². The highest BCUT2D eigenvalue weighted by molar-refractivity contribution is 5.79. The maximum atomic E-state index is 12.0. The molecular formula is C20H22N4O4. The second-order valence-electron chi connectivity index (χ2n) is 6.96. The van der Waals surface area contributed by atoms with Gasteiger partial charge in [-0.15, -0.1) is 0 Å². The van der Waals surface area contributed by atoms with Crippen molar-refractivity contribution >= 4 is 11.9 Å². The minimum Gasteiger partial charge on any atom is -0.469 e. The summed E-state index contributed by atoms with van der Waals surface area (Å²) in [5.41, 5.74) is 3.11. The summed E-state index contributed by atoms with van der Waals surface area (Å²) in [6.07, 6.45) is 5.07. The van der Waals surface area contributed by atoms with Gasteiger partial charge in [-0.3, -0.25) is 4.79 Å². The van der Waals surface area contributed by atoms with Crippen molar-refractivity contribution in [2.75, 3.05) is 25.1 Å². The molecule has 3 aromatic rings. The van der Waals surface area contributed by atoms with Crippen LogP contribution < -0.4 is 4.90 Å². The van der Waals surface area contributed by atoms with Gasteiger partial charge in [-0.2, -0.15) is 0 Å². The first-order chi connectivity index (χ1) is 13.6. The summed E-state index contributed by atoms with van der Waals surface area (Å²) in [6, 6.07) is 3.73. The highest BCUT2D eigenvalue weighted by Gasteiger charge is 2.28. The summed E-state index contributed by atoms with van der Waals surface area (Å²) in [4.78, 5) is 23.4. The Morgan fingerprint density at radius 3 is 2.86 bits per heavy atom. The fourth-order valence-corrected chi connectivity index (χ4v) is 3.55. The summed E-state index contributed by atoms with van der Waals surface area (Å²) >= 11 is 0. The Bertz CT molecular complexity index is 994. The van der Waals surface area contributed by atoms with Gasteiger partial charge in [0.05, 0.1) is 36.2 Å². The maximum Gasteiger partial charge on any atom is 0.310 e. The topological polar surface area (TPSA) is 94.5 Å². The third kappa shape index (κ3) is 3.37. The highest BCUT2D eigenvalue weighted by atomic mass is 16.5. The van der Waals surface area contributed by atoms with Crippen LogP contribution in [0.25, 0.3) is 22.6 Å². The zero-order valence-electron chi connectivity index (χ0n) is 16.1. The summed E-state index contributed by atoms with van der Waals surface area (Å²) in [7, 11) is 1.42. The van der Waals surface area contributed by atoms with Gasteiger partial charge in [-0.1, -0.05) is 5.16 Å². The van der Waals surface area contributed by atoms with E-state index in [0.717, 1.165) is 42.0 Å². The second-order valence-corrected chi connectivity index (χ2v) is 6.96. The zero-order chi connectivity index (χ0) is 19.7. The predicted molar refractivity (Wildman–Crippen MR) is 102 cm³/mol. The summed E-state index contributed by atoms with van der Waals surface area (Å²) in [5, 5.41) is 3.97. The number of furan rings is 1. The molecule has 0 aromatic carbocycles. The molecule has 1 fully saturated rings. The van der Waals surface area contributed by atoms with Crippen molar-refractivity contribution in [2.45, 2.75) is 26.7 Å². The number of aryl methyl sites for hydroxylation is 2. The van der Waals surface area contributed by atoms with Gasteiger partial charge in [0.25, 0.3) is 0 Å². The van der Waals surface area contributed by atoms with Crippen LogP contribution >= 0.6 is 0 Å². The number of carbonyl (C=O) groups excluding carboxylic acids is 1. The first-order valence-corrected chi connectivity index (χ1v) is 9.24. The number of anilines is 1. The van der Waals surface area contributed by atoms with E-state index in [4.69, 9.17) is 18.7 Å². The van der Waals surface area contributed by atoms with E-state index in [9.17, 15) is 4.79 Å². The van der Waals surface area contributed by atoms with Crippen LogP contribution in [-0.2, 0) is 9.53 Å². The van der Waals surface area contributed by atoms with Crippen LogP contribution in [0.1, 0.15) is 24.3 Å². The normalized spacial score (nSPS) is 17.0. The van der Waals surface area contributed by atoms with Gasteiger partial charge in [0.15, 0.2) is 5.76 Å². The third-order valence-electron chi connectivity index (χ3n) is 5.02. The van der Waals surface area contributed by atoms with Crippen LogP contribution in [0.5, 0.6) is 0 Å². The van der Waals surface area contributed by atoms with Crippen molar-refractivity contribution in [1.82, 2.24) is 15.1 Å². The molecule has 1 atom stereocenters. The monoisotopic (exact) mass is 382 g/mol. The molecule has 0 amide bonds. The molecule has 0 N–H and O–H groups in total. The molecule has 0 saturated carbocycles. The maximum absolute atomic E-state index is 12.0. The van der Waals surface area contributed by atoms with Crippen molar-refractivity contribution in [3.05, 3.63) is 36.0 Å². The summed E-state index contributed by atoms with van der Waals surface area (Å²) in [5.74, 6) is 1.57. The van der Waals surface area contributed by atoms with Crippen molar-refractivity contribution in [3.8, 4) is 22.6 Å². The molecule has 8 heteroatoms. The highest BCUT2D eigenvalue weighted by Crippen LogP contribution is 2.34. The Morgan fingerprint density at radius 2 is 2.18 bits per heavy atom. The lowest BCUT2D eigenvalue weighted by Crippen LogP contribution is -2.40. The Labute approximate surface area is 162 Å². The molecule has 28 heavy (non-hydrogen) atoms. The van der Waals surface area contributed by atoms with E-state index in [-0.39, 0.29) is 11.9 Å². The van der Waals surface area contributed by atoms with E-state index in [2.05, 4.69) is 10.1 Å². The summed E-state index contributed by atoms with van der Waals surface area (Å²) < 4.78 is 15.8. The number of rotatable bonds is 4. The van der Waals surface area contributed by atoms with Crippen LogP contribution in [0.2, 0.25) is 0 Å². The minimum absolute atomic E-state index is 0.168. The number of hydrogen-bond acceptors (Lipinski definition) is 8. The molecule has 3 aromatic heterocycles. The molecule has 4 heterocycles. The molecule has 0 spiro atoms. The number of aromatic nitrogens is 3. The van der Waals surface area contributed by atoms with Crippen LogP contribution in [0.3, 0.4) is 0 Å². The SMILES string of the molecule is COC(=O)C1CCCN(c2ncc(-c3cc(C)no3)c(-c3ccoc3C)n2)C1. The lowest BCUT2D eigenvalue weighted by atomic mass is 9.98. The molecule has 4 rings (SSSR count). The molecule has 0 aliphatic carbocycles. The van der Waals surface area contributed by atoms with Gasteiger partial charge >= 0.3 is 5.97 Å². The smallest absolute Gasteiger partial charge is 0.310 e. The van der Waals surface area contributed by atoms with Crippen molar-refractivity contribution in [3.63, 3.8) is 0 Å². The predicted octanol–water partition coefficient (Wildman–Crippen LogP) is 3.40. The number of nitrogens with zero attached hydrogens (tertiary/aromatic N) is 4. The molecule has 1 aliphatic heterocycles. The van der Waals surface area contributed by atoms with E-state index < -0.39 is 0 Å². The quantitative estimate of drug-likeness (QED) is 0.634. The molecule has 1 aliphatic rings. The van der Waals surface area contributed by atoms with Crippen LogP contribution in [0, 0.1) is 19.8 Å². The van der Waals surface area contributed by atoms with Crippen molar-refractivity contribution in [2.24, 2.45) is 5.92 Å². The average molecular weight is 382 g/mol. The first kappa shape index (κ1) is 18.2. The van der Waals surface area contributed by atoms with Gasteiger partial charge < -0.3 is 18.6 Å². The largest absolute Gasteiger partial charge is 0.469 e. The fraction of sp³-hybridized carbons (Fsp3) is 0.400. The standard InChI is InChI=1S/C20H22N4O4/c1-12-9-17(28-23-12)16-10-21-20(22-18(16)15-6-8-27-13(15)2)24-7-4-5-14(11-24)19(25)26-3/h6,8-10,14H,4-5,7,11H2,1-3H3. The Balaban J connectivity index is 1.74. The van der Waals surface area contributed by atoms with Gasteiger partial charge in [-0.25, -0.2) is 9.97 Å². The molecule has 0 bridgehead atoms. The van der Waals surface area contributed by atoms with Gasteiger partial charge in [0.2, 0.25) is 5.95 Å². The number of carbonyl (C=O) groups is 1. The van der Waals surface area contributed by atoms with E-state index in [1.54, 1.807) is 12.5 Å². The van der Waals surface area contributed by atoms with Gasteiger partial charge in [0, 0.05) is 30.9 Å². The second kappa shape index (κ2) is 7.46. The number of esters is 1. The van der Waals surface area contributed by atoms with Crippen LogP contribution in [-0.4, -0.2) is 41.3 Å². The number of piperidine rings is 1.